The van der Waals surface area contributed by atoms with Gasteiger partial charge in [0.05, 0.1) is 16.3 Å². The number of nitrogens with zero attached hydrogens (tertiary/aromatic N) is 1. The average Bonchev–Trinajstić information content (AvgIpc) is 2.60. The van der Waals surface area contributed by atoms with Crippen LogP contribution in [0.4, 0.5) is 11.4 Å². The van der Waals surface area contributed by atoms with E-state index in [-0.39, 0.29) is 23.3 Å². The SMILES string of the molecule is CCCNc1ccc(S(=O)(=O)N(CC)CC)cc1NC(=O)C(C)CN. The Bertz CT molecular complexity index is 672. The van der Waals surface area contributed by atoms with Crippen molar-refractivity contribution >= 4 is 27.3 Å². The number of rotatable bonds is 10. The van der Waals surface area contributed by atoms with Gasteiger partial charge in [-0.15, -0.1) is 0 Å². The number of benzene rings is 1. The van der Waals surface area contributed by atoms with Crippen LogP contribution in [0.1, 0.15) is 34.1 Å². The molecular formula is C17H30N4O3S. The zero-order chi connectivity index (χ0) is 19.0. The Kier molecular flexibility index (Phi) is 8.34. The first-order valence-electron chi connectivity index (χ1n) is 8.70. The van der Waals surface area contributed by atoms with Gasteiger partial charge in [-0.3, -0.25) is 4.79 Å². The summed E-state index contributed by atoms with van der Waals surface area (Å²) in [6.45, 7) is 9.07. The smallest absolute Gasteiger partial charge is 0.243 e. The molecule has 0 aliphatic heterocycles. The highest BCUT2D eigenvalue weighted by atomic mass is 32.2. The lowest BCUT2D eigenvalue weighted by atomic mass is 10.1. The van der Waals surface area contributed by atoms with Gasteiger partial charge in [0.2, 0.25) is 15.9 Å². The summed E-state index contributed by atoms with van der Waals surface area (Å²) < 4.78 is 26.8. The van der Waals surface area contributed by atoms with E-state index in [2.05, 4.69) is 10.6 Å². The van der Waals surface area contributed by atoms with Crippen LogP contribution < -0.4 is 16.4 Å². The number of carbonyl (C=O) groups is 1. The molecule has 8 heteroatoms. The fourth-order valence-corrected chi connectivity index (χ4v) is 3.76. The van der Waals surface area contributed by atoms with Gasteiger partial charge in [-0.1, -0.05) is 27.7 Å². The molecule has 0 aliphatic rings. The predicted octanol–water partition coefficient (Wildman–Crippen LogP) is 2.07. The van der Waals surface area contributed by atoms with Crippen LogP contribution in [-0.4, -0.2) is 44.8 Å². The fourth-order valence-electron chi connectivity index (χ4n) is 2.28. The van der Waals surface area contributed by atoms with Crippen LogP contribution in [0.2, 0.25) is 0 Å². The van der Waals surface area contributed by atoms with Crippen LogP contribution in [0.5, 0.6) is 0 Å². The molecule has 25 heavy (non-hydrogen) atoms. The van der Waals surface area contributed by atoms with Gasteiger partial charge in [0.25, 0.3) is 0 Å². The summed E-state index contributed by atoms with van der Waals surface area (Å²) in [6.07, 6.45) is 0.909. The second-order valence-corrected chi connectivity index (χ2v) is 7.79. The molecule has 0 aliphatic carbocycles. The van der Waals surface area contributed by atoms with E-state index in [0.717, 1.165) is 13.0 Å². The maximum Gasteiger partial charge on any atom is 0.243 e. The lowest BCUT2D eigenvalue weighted by Crippen LogP contribution is -2.31. The van der Waals surface area contributed by atoms with E-state index in [1.807, 2.05) is 6.92 Å². The number of nitrogens with one attached hydrogen (secondary N) is 2. The summed E-state index contributed by atoms with van der Waals surface area (Å²) in [5.41, 5.74) is 6.68. The van der Waals surface area contributed by atoms with Gasteiger partial charge < -0.3 is 16.4 Å². The number of anilines is 2. The Labute approximate surface area is 151 Å². The van der Waals surface area contributed by atoms with Gasteiger partial charge in [-0.25, -0.2) is 8.42 Å². The van der Waals surface area contributed by atoms with Gasteiger partial charge in [-0.05, 0) is 24.6 Å². The summed E-state index contributed by atoms with van der Waals surface area (Å²) in [5, 5.41) is 6.00. The highest BCUT2D eigenvalue weighted by Gasteiger charge is 2.23. The molecule has 0 aromatic heterocycles. The minimum absolute atomic E-state index is 0.161. The van der Waals surface area contributed by atoms with Gasteiger partial charge >= 0.3 is 0 Å². The largest absolute Gasteiger partial charge is 0.383 e. The summed E-state index contributed by atoms with van der Waals surface area (Å²) in [5.74, 6) is -0.596. The lowest BCUT2D eigenvalue weighted by molar-refractivity contribution is -0.119. The van der Waals surface area contributed by atoms with E-state index in [4.69, 9.17) is 5.73 Å². The highest BCUT2D eigenvalue weighted by Crippen LogP contribution is 2.27. The maximum absolute atomic E-state index is 12.7. The Morgan fingerprint density at radius 1 is 1.20 bits per heavy atom. The van der Waals surface area contributed by atoms with E-state index >= 15 is 0 Å². The Morgan fingerprint density at radius 3 is 2.36 bits per heavy atom. The molecule has 1 amide bonds. The third-order valence-corrected chi connectivity index (χ3v) is 6.00. The van der Waals surface area contributed by atoms with Crippen molar-refractivity contribution in [1.29, 1.82) is 0 Å². The van der Waals surface area contributed by atoms with Crippen molar-refractivity contribution in [3.8, 4) is 0 Å². The maximum atomic E-state index is 12.7. The van der Waals surface area contributed by atoms with Crippen molar-refractivity contribution in [3.05, 3.63) is 18.2 Å². The number of hydrogen-bond acceptors (Lipinski definition) is 5. The molecule has 1 atom stereocenters. The second kappa shape index (κ2) is 9.74. The molecule has 0 saturated carbocycles. The van der Waals surface area contributed by atoms with E-state index in [1.165, 1.54) is 10.4 Å². The molecule has 0 heterocycles. The summed E-state index contributed by atoms with van der Waals surface area (Å²) >= 11 is 0. The highest BCUT2D eigenvalue weighted by molar-refractivity contribution is 7.89. The quantitative estimate of drug-likeness (QED) is 0.585. The third kappa shape index (κ3) is 5.42. The van der Waals surface area contributed by atoms with Gasteiger partial charge in [0, 0.05) is 32.1 Å². The fraction of sp³-hybridized carbons (Fsp3) is 0.588. The van der Waals surface area contributed by atoms with Gasteiger partial charge in [0.1, 0.15) is 0 Å². The van der Waals surface area contributed by atoms with Crippen molar-refractivity contribution in [2.45, 2.75) is 39.0 Å². The predicted molar refractivity (Wildman–Crippen MR) is 102 cm³/mol. The Hall–Kier alpha value is -1.64. The second-order valence-electron chi connectivity index (χ2n) is 5.85. The van der Waals surface area contributed by atoms with E-state index in [9.17, 15) is 13.2 Å². The van der Waals surface area contributed by atoms with Crippen LogP contribution >= 0.6 is 0 Å². The van der Waals surface area contributed by atoms with E-state index < -0.39 is 10.0 Å². The van der Waals surface area contributed by atoms with Gasteiger partial charge in [-0.2, -0.15) is 4.31 Å². The number of amides is 1. The molecular weight excluding hydrogens is 340 g/mol. The first-order chi connectivity index (χ1) is 11.8. The van der Waals surface area contributed by atoms with Gasteiger partial charge in [0.15, 0.2) is 0 Å². The van der Waals surface area contributed by atoms with Crippen LogP contribution in [0, 0.1) is 5.92 Å². The first-order valence-corrected chi connectivity index (χ1v) is 10.1. The van der Waals surface area contributed by atoms with Crippen LogP contribution in [-0.2, 0) is 14.8 Å². The normalized spacial score (nSPS) is 12.9. The van der Waals surface area contributed by atoms with E-state index in [1.54, 1.807) is 32.9 Å². The van der Waals surface area contributed by atoms with Crippen LogP contribution in [0.3, 0.4) is 0 Å². The zero-order valence-electron chi connectivity index (χ0n) is 15.5. The van der Waals surface area contributed by atoms with E-state index in [0.29, 0.717) is 24.5 Å². The molecule has 0 spiro atoms. The number of hydrogen-bond donors (Lipinski definition) is 3. The standard InChI is InChI=1S/C17H30N4O3S/c1-5-10-19-15-9-8-14(25(23,24)21(6-2)7-3)11-16(15)20-17(22)13(4)12-18/h8-9,11,13,19H,5-7,10,12,18H2,1-4H3,(H,20,22). The van der Waals surface area contributed by atoms with Crippen molar-refractivity contribution < 1.29 is 13.2 Å². The average molecular weight is 371 g/mol. The molecule has 4 N–H and O–H groups in total. The number of sulfonamides is 1. The molecule has 0 saturated heterocycles. The molecule has 7 nitrogen and oxygen atoms in total. The van der Waals surface area contributed by atoms with Crippen molar-refractivity contribution in [3.63, 3.8) is 0 Å². The Morgan fingerprint density at radius 2 is 1.84 bits per heavy atom. The molecule has 1 unspecified atom stereocenters. The molecule has 1 rings (SSSR count). The summed E-state index contributed by atoms with van der Waals surface area (Å²) in [4.78, 5) is 12.4. The minimum Gasteiger partial charge on any atom is -0.383 e. The number of nitrogens with two attached hydrogens (primary N) is 1. The number of carbonyl (C=O) groups excluding carboxylic acids is 1. The molecule has 0 radical (unpaired) electrons. The topological polar surface area (TPSA) is 105 Å². The summed E-state index contributed by atoms with van der Waals surface area (Å²) in [6, 6.07) is 4.76. The van der Waals surface area contributed by atoms with Crippen LogP contribution in [0.25, 0.3) is 0 Å². The third-order valence-electron chi connectivity index (χ3n) is 3.96. The first kappa shape index (κ1) is 21.4. The van der Waals surface area contributed by atoms with Crippen molar-refractivity contribution in [2.75, 3.05) is 36.8 Å². The summed E-state index contributed by atoms with van der Waals surface area (Å²) in [7, 11) is -3.59. The zero-order valence-corrected chi connectivity index (χ0v) is 16.3. The monoisotopic (exact) mass is 370 g/mol. The molecule has 0 fully saturated rings. The minimum atomic E-state index is -3.59. The lowest BCUT2D eigenvalue weighted by Gasteiger charge is -2.20. The van der Waals surface area contributed by atoms with Crippen LogP contribution in [0.15, 0.2) is 23.1 Å². The molecule has 142 valence electrons. The Balaban J connectivity index is 3.27. The molecule has 1 aromatic carbocycles. The molecule has 0 bridgehead atoms. The van der Waals surface area contributed by atoms with Crippen molar-refractivity contribution in [1.82, 2.24) is 4.31 Å². The molecule has 1 aromatic rings. The van der Waals surface area contributed by atoms with Crippen molar-refractivity contribution in [2.24, 2.45) is 11.7 Å².